The molecule has 1 aliphatic heterocycles. The molecule has 2 unspecified atom stereocenters. The summed E-state index contributed by atoms with van der Waals surface area (Å²) in [6, 6.07) is 6.44. The van der Waals surface area contributed by atoms with E-state index < -0.39 is 21.8 Å². The Bertz CT molecular complexity index is 1460. The molecule has 5 rings (SSSR count). The van der Waals surface area contributed by atoms with E-state index in [2.05, 4.69) is 27.8 Å². The Hall–Kier alpha value is -3.18. The number of carbonyl (C=O) groups excluding carboxylic acids is 2. The van der Waals surface area contributed by atoms with Crippen LogP contribution in [0.15, 0.2) is 24.3 Å². The summed E-state index contributed by atoms with van der Waals surface area (Å²) in [6.45, 7) is 3.95. The zero-order chi connectivity index (χ0) is 25.6. The maximum absolute atomic E-state index is 13.3. The van der Waals surface area contributed by atoms with Crippen LogP contribution in [0.3, 0.4) is 0 Å². The summed E-state index contributed by atoms with van der Waals surface area (Å²) in [7, 11) is -3.14. The molecule has 190 valence electrons. The minimum absolute atomic E-state index is 0.0630. The summed E-state index contributed by atoms with van der Waals surface area (Å²) in [5, 5.41) is 23.5. The number of phenolic OH excluding ortho intramolecular Hbond substituents is 1. The zero-order valence-corrected chi connectivity index (χ0v) is 21.7. The van der Waals surface area contributed by atoms with Gasteiger partial charge in [0.25, 0.3) is 11.8 Å². The van der Waals surface area contributed by atoms with Crippen molar-refractivity contribution in [3.05, 3.63) is 51.5 Å². The average Bonchev–Trinajstić information content (AvgIpc) is 3.52. The molecule has 36 heavy (non-hydrogen) atoms. The summed E-state index contributed by atoms with van der Waals surface area (Å²) in [5.41, 5.74) is 3.19. The number of H-pyrrole nitrogens is 1. The van der Waals surface area contributed by atoms with Gasteiger partial charge in [-0.2, -0.15) is 5.10 Å². The minimum Gasteiger partial charge on any atom is -0.507 e. The molecule has 3 heterocycles. The number of hydrogen-bond acceptors (Lipinski definition) is 7. The van der Waals surface area contributed by atoms with Gasteiger partial charge in [0.05, 0.1) is 22.8 Å². The standard InChI is InChI=1S/C25H28N4O5S2/c1-13-6-7-17-20(10-13)35-25(21(17)24(32)26-15-8-9-36(33,34)12-15)27-23(31)19-11-18(28-29-19)16-5-3-4-14(2)22(16)30/h3-5,11,13,15,30H,6-10,12H2,1-2H3,(H,26,32)(H,27,31)(H,28,29). The summed E-state index contributed by atoms with van der Waals surface area (Å²) in [6.07, 6.45) is 2.89. The van der Waals surface area contributed by atoms with Crippen LogP contribution in [0.4, 0.5) is 5.00 Å². The van der Waals surface area contributed by atoms with E-state index in [0.717, 1.165) is 29.7 Å². The van der Waals surface area contributed by atoms with Gasteiger partial charge in [0.2, 0.25) is 0 Å². The fraction of sp³-hybridized carbons (Fsp3) is 0.400. The number of fused-ring (bicyclic) bond motifs is 1. The number of para-hydroxylation sites is 1. The second-order valence-corrected chi connectivity index (χ2v) is 13.1. The van der Waals surface area contributed by atoms with Gasteiger partial charge in [-0.25, -0.2) is 8.42 Å². The molecule has 3 aromatic rings. The largest absolute Gasteiger partial charge is 0.507 e. The van der Waals surface area contributed by atoms with Gasteiger partial charge in [-0.1, -0.05) is 19.1 Å². The number of phenols is 1. The van der Waals surface area contributed by atoms with Crippen LogP contribution in [0.25, 0.3) is 11.3 Å². The molecule has 2 amide bonds. The summed E-state index contributed by atoms with van der Waals surface area (Å²) < 4.78 is 23.7. The summed E-state index contributed by atoms with van der Waals surface area (Å²) in [4.78, 5) is 27.5. The van der Waals surface area contributed by atoms with Crippen LogP contribution in [-0.2, 0) is 22.7 Å². The lowest BCUT2D eigenvalue weighted by Crippen LogP contribution is -2.36. The first-order valence-corrected chi connectivity index (χ1v) is 14.6. The number of aromatic hydroxyl groups is 1. The van der Waals surface area contributed by atoms with Gasteiger partial charge in [0.1, 0.15) is 16.4 Å². The summed E-state index contributed by atoms with van der Waals surface area (Å²) in [5.74, 6) is -0.220. The number of hydrogen-bond donors (Lipinski definition) is 4. The fourth-order valence-corrected chi connectivity index (χ4v) is 7.93. The maximum atomic E-state index is 13.3. The molecule has 0 radical (unpaired) electrons. The monoisotopic (exact) mass is 528 g/mol. The lowest BCUT2D eigenvalue weighted by Gasteiger charge is -2.19. The van der Waals surface area contributed by atoms with Crippen molar-refractivity contribution in [2.45, 2.75) is 45.6 Å². The van der Waals surface area contributed by atoms with Crippen molar-refractivity contribution in [1.29, 1.82) is 0 Å². The number of amides is 2. The van der Waals surface area contributed by atoms with E-state index in [-0.39, 0.29) is 28.9 Å². The molecular formula is C25H28N4O5S2. The third-order valence-corrected chi connectivity index (χ3v) is 9.81. The molecule has 1 saturated heterocycles. The number of carbonyl (C=O) groups is 2. The first-order chi connectivity index (χ1) is 17.1. The van der Waals surface area contributed by atoms with E-state index in [0.29, 0.717) is 39.7 Å². The smallest absolute Gasteiger partial charge is 0.274 e. The van der Waals surface area contributed by atoms with Crippen LogP contribution in [0.1, 0.15) is 56.6 Å². The minimum atomic E-state index is -3.14. The molecule has 11 heteroatoms. The van der Waals surface area contributed by atoms with E-state index in [1.807, 2.05) is 0 Å². The number of rotatable bonds is 5. The molecule has 0 saturated carbocycles. The van der Waals surface area contributed by atoms with Crippen molar-refractivity contribution in [3.8, 4) is 17.0 Å². The molecule has 9 nitrogen and oxygen atoms in total. The fourth-order valence-electron chi connectivity index (χ4n) is 4.86. The SMILES string of the molecule is Cc1cccc(-c2cc(C(=O)Nc3sc4c(c3C(=O)NC3CCS(=O)(=O)C3)CCC(C)C4)[nH]n2)c1O. The van der Waals surface area contributed by atoms with Gasteiger partial charge < -0.3 is 15.7 Å². The topological polar surface area (TPSA) is 141 Å². The Kier molecular flexibility index (Phi) is 6.37. The van der Waals surface area contributed by atoms with E-state index in [1.165, 1.54) is 11.3 Å². The predicted octanol–water partition coefficient (Wildman–Crippen LogP) is 3.45. The van der Waals surface area contributed by atoms with E-state index in [4.69, 9.17) is 0 Å². The number of benzene rings is 1. The molecule has 2 aliphatic rings. The molecule has 1 fully saturated rings. The molecule has 0 spiro atoms. The lowest BCUT2D eigenvalue weighted by atomic mass is 9.88. The van der Waals surface area contributed by atoms with E-state index in [9.17, 15) is 23.1 Å². The van der Waals surface area contributed by atoms with Crippen LogP contribution in [-0.4, -0.2) is 53.1 Å². The molecule has 4 N–H and O–H groups in total. The molecule has 2 aromatic heterocycles. The van der Waals surface area contributed by atoms with Gasteiger partial charge in [0, 0.05) is 16.5 Å². The highest BCUT2D eigenvalue weighted by Crippen LogP contribution is 2.40. The second kappa shape index (κ2) is 9.36. The normalized spacial score (nSPS) is 20.6. The Labute approximate surface area is 213 Å². The molecule has 1 aliphatic carbocycles. The lowest BCUT2D eigenvalue weighted by molar-refractivity contribution is 0.0941. The number of nitrogens with one attached hydrogen (secondary N) is 3. The molecule has 2 atom stereocenters. The molecule has 1 aromatic carbocycles. The van der Waals surface area contributed by atoms with Crippen LogP contribution in [0, 0.1) is 12.8 Å². The molecule has 0 bridgehead atoms. The quantitative estimate of drug-likeness (QED) is 0.400. The summed E-state index contributed by atoms with van der Waals surface area (Å²) >= 11 is 1.40. The Morgan fingerprint density at radius 2 is 2.03 bits per heavy atom. The zero-order valence-electron chi connectivity index (χ0n) is 20.1. The maximum Gasteiger partial charge on any atom is 0.274 e. The van der Waals surface area contributed by atoms with Crippen molar-refractivity contribution in [2.75, 3.05) is 16.8 Å². The number of sulfone groups is 1. The Morgan fingerprint density at radius 1 is 1.22 bits per heavy atom. The highest BCUT2D eigenvalue weighted by atomic mass is 32.2. The highest BCUT2D eigenvalue weighted by molar-refractivity contribution is 7.91. The van der Waals surface area contributed by atoms with Crippen molar-refractivity contribution >= 4 is 38.0 Å². The number of aryl methyl sites for hydroxylation is 1. The van der Waals surface area contributed by atoms with Crippen LogP contribution >= 0.6 is 11.3 Å². The van der Waals surface area contributed by atoms with Crippen molar-refractivity contribution < 1.29 is 23.1 Å². The van der Waals surface area contributed by atoms with Gasteiger partial charge >= 0.3 is 0 Å². The third-order valence-electron chi connectivity index (χ3n) is 6.87. The predicted molar refractivity (Wildman–Crippen MR) is 138 cm³/mol. The van der Waals surface area contributed by atoms with E-state index in [1.54, 1.807) is 31.2 Å². The van der Waals surface area contributed by atoms with Gasteiger partial charge in [-0.05, 0) is 61.8 Å². The van der Waals surface area contributed by atoms with Crippen molar-refractivity contribution in [3.63, 3.8) is 0 Å². The number of thiophene rings is 1. The van der Waals surface area contributed by atoms with E-state index >= 15 is 0 Å². The van der Waals surface area contributed by atoms with Crippen molar-refractivity contribution in [1.82, 2.24) is 15.5 Å². The number of aromatic amines is 1. The number of nitrogens with zero attached hydrogens (tertiary/aromatic N) is 1. The third kappa shape index (κ3) is 4.77. The van der Waals surface area contributed by atoms with Crippen LogP contribution in [0.2, 0.25) is 0 Å². The number of aromatic nitrogens is 2. The van der Waals surface area contributed by atoms with Gasteiger partial charge in [-0.3, -0.25) is 14.7 Å². The first kappa shape index (κ1) is 24.5. The van der Waals surface area contributed by atoms with Crippen molar-refractivity contribution in [2.24, 2.45) is 5.92 Å². The van der Waals surface area contributed by atoms with Crippen LogP contribution in [0.5, 0.6) is 5.75 Å². The molecular weight excluding hydrogens is 500 g/mol. The van der Waals surface area contributed by atoms with Crippen LogP contribution < -0.4 is 10.6 Å². The number of anilines is 1. The average molecular weight is 529 g/mol. The van der Waals surface area contributed by atoms with Gasteiger partial charge in [-0.15, -0.1) is 11.3 Å². The Balaban J connectivity index is 1.41. The first-order valence-electron chi connectivity index (χ1n) is 11.9. The Morgan fingerprint density at radius 3 is 2.78 bits per heavy atom. The van der Waals surface area contributed by atoms with Gasteiger partial charge in [0.15, 0.2) is 9.84 Å². The highest BCUT2D eigenvalue weighted by Gasteiger charge is 2.33. The second-order valence-electron chi connectivity index (χ2n) is 9.72.